The zero-order chi connectivity index (χ0) is 20.2. The Labute approximate surface area is 171 Å². The maximum absolute atomic E-state index is 12.9. The summed E-state index contributed by atoms with van der Waals surface area (Å²) in [6, 6.07) is 13.4. The van der Waals surface area contributed by atoms with Crippen molar-refractivity contribution in [2.75, 3.05) is 26.5 Å². The molecule has 154 valence electrons. The minimum atomic E-state index is -0.563. The van der Waals surface area contributed by atoms with Crippen LogP contribution in [0.3, 0.4) is 0 Å². The second-order valence-corrected chi connectivity index (χ2v) is 7.70. The number of likely N-dealkylation sites (tertiary alicyclic amines) is 1. The topological polar surface area (TPSA) is 57.2 Å². The molecule has 0 spiro atoms. The van der Waals surface area contributed by atoms with Gasteiger partial charge in [-0.3, -0.25) is 4.79 Å². The molecule has 0 radical (unpaired) electrons. The van der Waals surface area contributed by atoms with Crippen molar-refractivity contribution in [3.05, 3.63) is 48.0 Å². The summed E-state index contributed by atoms with van der Waals surface area (Å²) in [6.07, 6.45) is 1.48. The van der Waals surface area contributed by atoms with Crippen LogP contribution < -0.4 is 18.9 Å². The Kier molecular flexibility index (Phi) is 5.79. The quantitative estimate of drug-likeness (QED) is 0.742. The summed E-state index contributed by atoms with van der Waals surface area (Å²) >= 11 is 0. The van der Waals surface area contributed by atoms with Crippen LogP contribution in [0.25, 0.3) is 0 Å². The van der Waals surface area contributed by atoms with Crippen molar-refractivity contribution >= 4 is 5.91 Å². The van der Waals surface area contributed by atoms with Crippen LogP contribution in [0.4, 0.5) is 0 Å². The fourth-order valence-corrected chi connectivity index (χ4v) is 3.78. The lowest BCUT2D eigenvalue weighted by Crippen LogP contribution is -2.46. The zero-order valence-electron chi connectivity index (χ0n) is 16.9. The summed E-state index contributed by atoms with van der Waals surface area (Å²) in [5.74, 6) is 3.16. The Morgan fingerprint density at radius 1 is 1.17 bits per heavy atom. The lowest BCUT2D eigenvalue weighted by molar-refractivity contribution is -0.140. The minimum Gasteiger partial charge on any atom is -0.493 e. The Balaban J connectivity index is 1.30. The molecule has 0 bridgehead atoms. The first kappa shape index (κ1) is 19.4. The summed E-state index contributed by atoms with van der Waals surface area (Å²) in [4.78, 5) is 14.8. The van der Waals surface area contributed by atoms with Gasteiger partial charge in [0.15, 0.2) is 17.6 Å². The number of carbonyl (C=O) groups excluding carboxylic acids is 1. The highest BCUT2D eigenvalue weighted by Gasteiger charge is 2.28. The number of carbonyl (C=O) groups is 1. The van der Waals surface area contributed by atoms with Crippen LogP contribution >= 0.6 is 0 Å². The van der Waals surface area contributed by atoms with E-state index in [0.717, 1.165) is 25.1 Å². The van der Waals surface area contributed by atoms with Crippen molar-refractivity contribution in [2.45, 2.75) is 32.8 Å². The van der Waals surface area contributed by atoms with Crippen LogP contribution in [0.2, 0.25) is 0 Å². The van der Waals surface area contributed by atoms with Gasteiger partial charge >= 0.3 is 0 Å². The van der Waals surface area contributed by atoms with E-state index in [1.54, 1.807) is 25.1 Å². The highest BCUT2D eigenvalue weighted by molar-refractivity contribution is 5.81. The van der Waals surface area contributed by atoms with E-state index in [2.05, 4.69) is 13.0 Å². The molecule has 6 heteroatoms. The predicted octanol–water partition coefficient (Wildman–Crippen LogP) is 3.81. The molecule has 1 fully saturated rings. The number of benzene rings is 2. The van der Waals surface area contributed by atoms with Crippen molar-refractivity contribution < 1.29 is 23.7 Å². The average Bonchev–Trinajstić information content (AvgIpc) is 3.20. The average molecular weight is 397 g/mol. The molecule has 29 heavy (non-hydrogen) atoms. The van der Waals surface area contributed by atoms with Gasteiger partial charge in [-0.15, -0.1) is 0 Å². The second-order valence-electron chi connectivity index (χ2n) is 7.70. The fraction of sp³-hybridized carbons (Fsp3) is 0.435. The van der Waals surface area contributed by atoms with E-state index in [4.69, 9.17) is 18.9 Å². The summed E-state index contributed by atoms with van der Waals surface area (Å²) in [5.41, 5.74) is 1.18. The van der Waals surface area contributed by atoms with Crippen molar-refractivity contribution in [1.29, 1.82) is 0 Å². The number of amides is 1. The molecule has 2 aromatic carbocycles. The maximum atomic E-state index is 12.9. The number of hydrogen-bond donors (Lipinski definition) is 0. The molecule has 2 aliphatic rings. The summed E-state index contributed by atoms with van der Waals surface area (Å²) in [7, 11) is 0. The lowest BCUT2D eigenvalue weighted by Gasteiger charge is -2.34. The number of nitrogens with zero attached hydrogens (tertiary/aromatic N) is 1. The zero-order valence-corrected chi connectivity index (χ0v) is 16.9. The summed E-state index contributed by atoms with van der Waals surface area (Å²) in [6.45, 7) is 6.13. The number of ether oxygens (including phenoxy) is 4. The van der Waals surface area contributed by atoms with E-state index in [0.29, 0.717) is 36.3 Å². The van der Waals surface area contributed by atoms with Gasteiger partial charge in [-0.2, -0.15) is 0 Å². The third-order valence-corrected chi connectivity index (χ3v) is 5.31. The van der Waals surface area contributed by atoms with Gasteiger partial charge in [0.05, 0.1) is 6.61 Å². The van der Waals surface area contributed by atoms with Crippen molar-refractivity contribution in [3.63, 3.8) is 0 Å². The van der Waals surface area contributed by atoms with E-state index in [1.807, 2.05) is 23.1 Å². The normalized spacial score (nSPS) is 19.0. The van der Waals surface area contributed by atoms with Crippen LogP contribution in [-0.2, 0) is 4.79 Å². The molecule has 0 aliphatic carbocycles. The van der Waals surface area contributed by atoms with Gasteiger partial charge in [-0.1, -0.05) is 12.1 Å². The standard InChI is InChI=1S/C23H27NO5/c1-16-5-3-7-19(11-16)26-14-18-6-4-10-24(13-18)23(25)17(2)29-20-8-9-21-22(12-20)28-15-27-21/h3,5,7-9,11-12,17-18H,4,6,10,13-15H2,1-2H3/t17-,18-/m1/s1. The third kappa shape index (κ3) is 4.75. The summed E-state index contributed by atoms with van der Waals surface area (Å²) < 4.78 is 22.5. The van der Waals surface area contributed by atoms with Crippen molar-refractivity contribution in [3.8, 4) is 23.0 Å². The van der Waals surface area contributed by atoms with Gasteiger partial charge in [0.1, 0.15) is 11.5 Å². The fourth-order valence-electron chi connectivity index (χ4n) is 3.78. The first-order chi connectivity index (χ1) is 14.1. The van der Waals surface area contributed by atoms with Crippen LogP contribution in [0.5, 0.6) is 23.0 Å². The van der Waals surface area contributed by atoms with Gasteiger partial charge < -0.3 is 23.8 Å². The van der Waals surface area contributed by atoms with Crippen LogP contribution in [0, 0.1) is 12.8 Å². The van der Waals surface area contributed by atoms with E-state index >= 15 is 0 Å². The van der Waals surface area contributed by atoms with Gasteiger partial charge in [-0.05, 0) is 56.5 Å². The molecule has 4 rings (SSSR count). The van der Waals surface area contributed by atoms with Crippen LogP contribution in [0.15, 0.2) is 42.5 Å². The molecule has 0 saturated carbocycles. The molecule has 2 heterocycles. The molecule has 0 aromatic heterocycles. The Hall–Kier alpha value is -2.89. The highest BCUT2D eigenvalue weighted by Crippen LogP contribution is 2.35. The first-order valence-corrected chi connectivity index (χ1v) is 10.1. The number of rotatable bonds is 6. The van der Waals surface area contributed by atoms with Gasteiger partial charge in [0.2, 0.25) is 6.79 Å². The molecule has 2 aliphatic heterocycles. The smallest absolute Gasteiger partial charge is 0.263 e. The third-order valence-electron chi connectivity index (χ3n) is 5.31. The Morgan fingerprint density at radius 2 is 2.03 bits per heavy atom. The minimum absolute atomic E-state index is 0.00271. The monoisotopic (exact) mass is 397 g/mol. The molecule has 0 N–H and O–H groups in total. The van der Waals surface area contributed by atoms with Crippen LogP contribution in [-0.4, -0.2) is 43.4 Å². The molecule has 1 amide bonds. The van der Waals surface area contributed by atoms with E-state index in [-0.39, 0.29) is 12.7 Å². The SMILES string of the molecule is Cc1cccc(OC[C@@H]2CCCN(C(=O)[C@@H](C)Oc3ccc4c(c3)OCO4)C2)c1. The molecule has 6 nitrogen and oxygen atoms in total. The second kappa shape index (κ2) is 8.64. The number of hydrogen-bond acceptors (Lipinski definition) is 5. The Morgan fingerprint density at radius 3 is 2.90 bits per heavy atom. The van der Waals surface area contributed by atoms with Crippen molar-refractivity contribution in [2.24, 2.45) is 5.92 Å². The maximum Gasteiger partial charge on any atom is 0.263 e. The molecular weight excluding hydrogens is 370 g/mol. The van der Waals surface area contributed by atoms with Crippen LogP contribution in [0.1, 0.15) is 25.3 Å². The largest absolute Gasteiger partial charge is 0.493 e. The molecule has 0 unspecified atom stereocenters. The van der Waals surface area contributed by atoms with Crippen molar-refractivity contribution in [1.82, 2.24) is 4.90 Å². The van der Waals surface area contributed by atoms with Gasteiger partial charge in [-0.25, -0.2) is 0 Å². The number of aryl methyl sites for hydroxylation is 1. The van der Waals surface area contributed by atoms with Gasteiger partial charge in [0.25, 0.3) is 5.91 Å². The van der Waals surface area contributed by atoms with E-state index in [1.165, 1.54) is 5.56 Å². The molecule has 2 atom stereocenters. The first-order valence-electron chi connectivity index (χ1n) is 10.1. The number of piperidine rings is 1. The summed E-state index contributed by atoms with van der Waals surface area (Å²) in [5, 5.41) is 0. The molecular formula is C23H27NO5. The highest BCUT2D eigenvalue weighted by atomic mass is 16.7. The van der Waals surface area contributed by atoms with Gasteiger partial charge in [0, 0.05) is 25.1 Å². The Bertz CT molecular complexity index is 868. The number of fused-ring (bicyclic) bond motifs is 1. The molecule has 1 saturated heterocycles. The van der Waals surface area contributed by atoms with E-state index < -0.39 is 6.10 Å². The lowest BCUT2D eigenvalue weighted by atomic mass is 9.98. The molecule has 2 aromatic rings. The van der Waals surface area contributed by atoms with E-state index in [9.17, 15) is 4.79 Å². The predicted molar refractivity (Wildman–Crippen MR) is 109 cm³/mol.